The molecule has 2 aromatic carbocycles. The van der Waals surface area contributed by atoms with Crippen LogP contribution in [0.5, 0.6) is 11.5 Å². The fourth-order valence-electron chi connectivity index (χ4n) is 3.63. The molecule has 0 aliphatic carbocycles. The topological polar surface area (TPSA) is 79.8 Å². The molecule has 0 saturated carbocycles. The Morgan fingerprint density at radius 3 is 2.19 bits per heavy atom. The van der Waals surface area contributed by atoms with Gasteiger partial charge >= 0.3 is 0 Å². The zero-order valence-electron chi connectivity index (χ0n) is 18.3. The van der Waals surface area contributed by atoms with E-state index in [1.54, 1.807) is 32.4 Å². The fourth-order valence-corrected chi connectivity index (χ4v) is 3.63. The predicted molar refractivity (Wildman–Crippen MR) is 123 cm³/mol. The molecule has 1 N–H and O–H groups in total. The maximum absolute atomic E-state index is 13.0. The van der Waals surface area contributed by atoms with Crippen molar-refractivity contribution in [2.75, 3.05) is 50.6 Å². The second kappa shape index (κ2) is 10.00. The highest BCUT2D eigenvalue weighted by Crippen LogP contribution is 2.24. The van der Waals surface area contributed by atoms with Gasteiger partial charge in [0, 0.05) is 44.4 Å². The molecule has 1 aromatic heterocycles. The Labute approximate surface area is 187 Å². The first-order valence-electron chi connectivity index (χ1n) is 10.5. The van der Waals surface area contributed by atoms with Crippen LogP contribution in [-0.2, 0) is 6.54 Å². The van der Waals surface area contributed by atoms with Crippen molar-refractivity contribution < 1.29 is 14.3 Å². The lowest BCUT2D eigenvalue weighted by atomic mass is 10.1. The second-order valence-corrected chi connectivity index (χ2v) is 7.50. The number of piperazine rings is 1. The average Bonchev–Trinajstić information content (AvgIpc) is 2.87. The first kappa shape index (κ1) is 21.4. The van der Waals surface area contributed by atoms with Gasteiger partial charge in [-0.2, -0.15) is 0 Å². The highest BCUT2D eigenvalue weighted by molar-refractivity contribution is 5.95. The molecule has 8 heteroatoms. The normalized spacial score (nSPS) is 13.6. The number of carbonyl (C=O) groups excluding carboxylic acids is 1. The maximum atomic E-state index is 13.0. The molecule has 2 heterocycles. The molecule has 0 spiro atoms. The summed E-state index contributed by atoms with van der Waals surface area (Å²) in [6, 6.07) is 19.3. The van der Waals surface area contributed by atoms with Crippen LogP contribution in [-0.4, -0.2) is 61.4 Å². The van der Waals surface area contributed by atoms with Crippen molar-refractivity contribution in [2.24, 2.45) is 0 Å². The van der Waals surface area contributed by atoms with Crippen LogP contribution in [0.25, 0.3) is 0 Å². The summed E-state index contributed by atoms with van der Waals surface area (Å²) in [7, 11) is 3.15. The van der Waals surface area contributed by atoms with Crippen molar-refractivity contribution in [1.29, 1.82) is 0 Å². The SMILES string of the molecule is COc1cc(OC)cc(C(=O)N2CCN(c3ccc(NCc4ccccc4)nn3)CC2)c1. The van der Waals surface area contributed by atoms with Crippen molar-refractivity contribution in [3.05, 3.63) is 71.8 Å². The number of hydrogen-bond acceptors (Lipinski definition) is 7. The van der Waals surface area contributed by atoms with Crippen molar-refractivity contribution >= 4 is 17.5 Å². The number of anilines is 2. The van der Waals surface area contributed by atoms with Gasteiger partial charge in [-0.15, -0.1) is 10.2 Å². The van der Waals surface area contributed by atoms with Crippen LogP contribution in [0.2, 0.25) is 0 Å². The smallest absolute Gasteiger partial charge is 0.254 e. The van der Waals surface area contributed by atoms with Crippen molar-refractivity contribution in [1.82, 2.24) is 15.1 Å². The van der Waals surface area contributed by atoms with E-state index in [1.165, 1.54) is 5.56 Å². The zero-order valence-corrected chi connectivity index (χ0v) is 18.3. The van der Waals surface area contributed by atoms with Crippen LogP contribution >= 0.6 is 0 Å². The van der Waals surface area contributed by atoms with E-state index in [2.05, 4.69) is 32.5 Å². The highest BCUT2D eigenvalue weighted by atomic mass is 16.5. The largest absolute Gasteiger partial charge is 0.497 e. The number of carbonyl (C=O) groups is 1. The lowest BCUT2D eigenvalue weighted by Gasteiger charge is -2.35. The van der Waals surface area contributed by atoms with Gasteiger partial charge in [-0.3, -0.25) is 4.79 Å². The highest BCUT2D eigenvalue weighted by Gasteiger charge is 2.24. The number of hydrogen-bond donors (Lipinski definition) is 1. The second-order valence-electron chi connectivity index (χ2n) is 7.50. The molecule has 1 fully saturated rings. The molecule has 0 radical (unpaired) electrons. The van der Waals surface area contributed by atoms with Gasteiger partial charge in [-0.05, 0) is 29.8 Å². The monoisotopic (exact) mass is 433 g/mol. The summed E-state index contributed by atoms with van der Waals surface area (Å²) in [4.78, 5) is 17.0. The lowest BCUT2D eigenvalue weighted by molar-refractivity contribution is 0.0745. The third kappa shape index (κ3) is 5.08. The van der Waals surface area contributed by atoms with Crippen molar-refractivity contribution in [2.45, 2.75) is 6.54 Å². The van der Waals surface area contributed by atoms with Gasteiger partial charge in [-0.25, -0.2) is 0 Å². The maximum Gasteiger partial charge on any atom is 0.254 e. The fraction of sp³-hybridized carbons (Fsp3) is 0.292. The minimum Gasteiger partial charge on any atom is -0.497 e. The Morgan fingerprint density at radius 2 is 1.59 bits per heavy atom. The van der Waals surface area contributed by atoms with E-state index in [0.717, 1.165) is 11.6 Å². The Bertz CT molecular complexity index is 1010. The van der Waals surface area contributed by atoms with Crippen molar-refractivity contribution in [3.63, 3.8) is 0 Å². The summed E-state index contributed by atoms with van der Waals surface area (Å²) >= 11 is 0. The summed E-state index contributed by atoms with van der Waals surface area (Å²) in [5, 5.41) is 11.9. The van der Waals surface area contributed by atoms with E-state index in [4.69, 9.17) is 9.47 Å². The summed E-state index contributed by atoms with van der Waals surface area (Å²) in [5.74, 6) is 2.71. The number of nitrogens with zero attached hydrogens (tertiary/aromatic N) is 4. The van der Waals surface area contributed by atoms with Crippen LogP contribution in [0.15, 0.2) is 60.7 Å². The van der Waals surface area contributed by atoms with Crippen LogP contribution in [0.4, 0.5) is 11.6 Å². The lowest BCUT2D eigenvalue weighted by Crippen LogP contribution is -2.49. The van der Waals surface area contributed by atoms with Gasteiger partial charge in [-0.1, -0.05) is 30.3 Å². The standard InChI is InChI=1S/C24H27N5O3/c1-31-20-14-19(15-21(16-20)32-2)24(30)29-12-10-28(11-13-29)23-9-8-22(26-27-23)25-17-18-6-4-3-5-7-18/h3-9,14-16H,10-13,17H2,1-2H3,(H,25,26). The third-order valence-electron chi connectivity index (χ3n) is 5.46. The van der Waals surface area contributed by atoms with E-state index in [9.17, 15) is 4.79 Å². The molecule has 0 bridgehead atoms. The summed E-state index contributed by atoms with van der Waals surface area (Å²) in [6.45, 7) is 3.30. The molecule has 1 amide bonds. The zero-order chi connectivity index (χ0) is 22.3. The van der Waals surface area contributed by atoms with E-state index in [1.807, 2.05) is 35.2 Å². The van der Waals surface area contributed by atoms with Crippen LogP contribution in [0.3, 0.4) is 0 Å². The Morgan fingerprint density at radius 1 is 0.906 bits per heavy atom. The van der Waals surface area contributed by atoms with Gasteiger partial charge in [0.1, 0.15) is 17.3 Å². The molecule has 1 aliphatic rings. The van der Waals surface area contributed by atoms with Gasteiger partial charge in [0.15, 0.2) is 5.82 Å². The van der Waals surface area contributed by atoms with Crippen LogP contribution in [0.1, 0.15) is 15.9 Å². The first-order valence-corrected chi connectivity index (χ1v) is 10.5. The number of methoxy groups -OCH3 is 2. The molecule has 8 nitrogen and oxygen atoms in total. The molecule has 0 atom stereocenters. The minimum atomic E-state index is -0.0339. The molecule has 1 saturated heterocycles. The minimum absolute atomic E-state index is 0.0339. The van der Waals surface area contributed by atoms with Crippen molar-refractivity contribution in [3.8, 4) is 11.5 Å². The number of nitrogens with one attached hydrogen (secondary N) is 1. The molecule has 0 unspecified atom stereocenters. The van der Waals surface area contributed by atoms with Gasteiger partial charge < -0.3 is 24.6 Å². The van der Waals surface area contributed by atoms with E-state index in [-0.39, 0.29) is 5.91 Å². The van der Waals surface area contributed by atoms with Crippen LogP contribution < -0.4 is 19.7 Å². The van der Waals surface area contributed by atoms with Gasteiger partial charge in [0.2, 0.25) is 0 Å². The Kier molecular flexibility index (Phi) is 6.69. The molecule has 3 aromatic rings. The number of ether oxygens (including phenoxy) is 2. The number of aromatic nitrogens is 2. The number of benzene rings is 2. The first-order chi connectivity index (χ1) is 15.7. The third-order valence-corrected chi connectivity index (χ3v) is 5.46. The average molecular weight is 434 g/mol. The molecule has 4 rings (SSSR count). The van der Waals surface area contributed by atoms with E-state index >= 15 is 0 Å². The summed E-state index contributed by atoms with van der Waals surface area (Å²) in [5.41, 5.74) is 1.75. The Balaban J connectivity index is 1.33. The summed E-state index contributed by atoms with van der Waals surface area (Å²) < 4.78 is 10.6. The molecule has 1 aliphatic heterocycles. The van der Waals surface area contributed by atoms with Crippen LogP contribution in [0, 0.1) is 0 Å². The Hall–Kier alpha value is -3.81. The predicted octanol–water partition coefficient (Wildman–Crippen LogP) is 3.07. The molecule has 32 heavy (non-hydrogen) atoms. The van der Waals surface area contributed by atoms with Gasteiger partial charge in [0.05, 0.1) is 14.2 Å². The van der Waals surface area contributed by atoms with E-state index < -0.39 is 0 Å². The summed E-state index contributed by atoms with van der Waals surface area (Å²) in [6.07, 6.45) is 0. The molecule has 166 valence electrons. The van der Waals surface area contributed by atoms with Gasteiger partial charge in [0.25, 0.3) is 5.91 Å². The van der Waals surface area contributed by atoms with E-state index in [0.29, 0.717) is 49.8 Å². The number of amides is 1. The quantitative estimate of drug-likeness (QED) is 0.613. The molecular formula is C24H27N5O3. The molecular weight excluding hydrogens is 406 g/mol. The number of rotatable bonds is 7.